The Bertz CT molecular complexity index is 401. The molecule has 0 aromatic carbocycles. The number of fused-ring (bicyclic) bond motifs is 1. The van der Waals surface area contributed by atoms with Gasteiger partial charge in [-0.2, -0.15) is 0 Å². The normalized spacial score (nSPS) is 23.2. The van der Waals surface area contributed by atoms with Crippen LogP contribution in [0.1, 0.15) is 38.4 Å². The molecule has 0 aliphatic carbocycles. The molecule has 0 atom stereocenters. The fraction of sp³-hybridized carbons (Fsp3) is 0.800. The SMILES string of the molecule is CCCC1(CN2CCn3ccnc3C2)CCNCC1. The Hall–Kier alpha value is -0.870. The predicted molar refractivity (Wildman–Crippen MR) is 76.9 cm³/mol. The van der Waals surface area contributed by atoms with E-state index in [1.54, 1.807) is 0 Å². The topological polar surface area (TPSA) is 33.1 Å². The highest BCUT2D eigenvalue weighted by molar-refractivity contribution is 4.97. The first-order valence-electron chi connectivity index (χ1n) is 7.74. The van der Waals surface area contributed by atoms with Gasteiger partial charge in [-0.3, -0.25) is 4.90 Å². The van der Waals surface area contributed by atoms with Crippen LogP contribution in [0, 0.1) is 5.41 Å². The summed E-state index contributed by atoms with van der Waals surface area (Å²) < 4.78 is 2.30. The summed E-state index contributed by atoms with van der Waals surface area (Å²) in [4.78, 5) is 7.11. The van der Waals surface area contributed by atoms with Crippen LogP contribution in [0.4, 0.5) is 0 Å². The lowest BCUT2D eigenvalue weighted by molar-refractivity contribution is 0.0828. The Morgan fingerprint density at radius 3 is 2.95 bits per heavy atom. The number of nitrogens with one attached hydrogen (secondary N) is 1. The fourth-order valence-electron chi connectivity index (χ4n) is 3.81. The van der Waals surface area contributed by atoms with Gasteiger partial charge in [-0.15, -0.1) is 0 Å². The smallest absolute Gasteiger partial charge is 0.122 e. The second-order valence-corrected chi connectivity index (χ2v) is 6.25. The molecule has 19 heavy (non-hydrogen) atoms. The molecular formula is C15H26N4. The van der Waals surface area contributed by atoms with Crippen molar-refractivity contribution in [3.63, 3.8) is 0 Å². The van der Waals surface area contributed by atoms with Crippen molar-refractivity contribution in [2.45, 2.75) is 45.7 Å². The first-order chi connectivity index (χ1) is 9.31. The van der Waals surface area contributed by atoms with E-state index in [-0.39, 0.29) is 0 Å². The van der Waals surface area contributed by atoms with E-state index < -0.39 is 0 Å². The second-order valence-electron chi connectivity index (χ2n) is 6.25. The van der Waals surface area contributed by atoms with Crippen molar-refractivity contribution in [2.75, 3.05) is 26.2 Å². The Morgan fingerprint density at radius 1 is 1.32 bits per heavy atom. The van der Waals surface area contributed by atoms with Crippen molar-refractivity contribution in [2.24, 2.45) is 5.41 Å². The first kappa shape index (κ1) is 13.1. The number of hydrogen-bond donors (Lipinski definition) is 1. The van der Waals surface area contributed by atoms with E-state index in [9.17, 15) is 0 Å². The number of imidazole rings is 1. The number of nitrogens with zero attached hydrogens (tertiary/aromatic N) is 3. The van der Waals surface area contributed by atoms with Crippen LogP contribution in [0.25, 0.3) is 0 Å². The standard InChI is InChI=1S/C15H26N4/c1-2-3-15(4-6-16-7-5-15)13-18-10-11-19-9-8-17-14(19)12-18/h8-9,16H,2-7,10-13H2,1H3. The molecule has 4 heteroatoms. The van der Waals surface area contributed by atoms with Crippen LogP contribution in [0.3, 0.4) is 0 Å². The molecule has 4 nitrogen and oxygen atoms in total. The van der Waals surface area contributed by atoms with E-state index in [0.717, 1.165) is 13.1 Å². The number of piperidine rings is 1. The zero-order valence-corrected chi connectivity index (χ0v) is 12.1. The number of rotatable bonds is 4. The van der Waals surface area contributed by atoms with Gasteiger partial charge in [-0.25, -0.2) is 4.98 Å². The van der Waals surface area contributed by atoms with Gasteiger partial charge in [0.2, 0.25) is 0 Å². The molecule has 0 radical (unpaired) electrons. The minimum absolute atomic E-state index is 0.550. The van der Waals surface area contributed by atoms with Crippen LogP contribution in [0.5, 0.6) is 0 Å². The maximum atomic E-state index is 4.48. The molecule has 106 valence electrons. The molecule has 0 unspecified atom stereocenters. The molecule has 3 heterocycles. The minimum atomic E-state index is 0.550. The molecular weight excluding hydrogens is 236 g/mol. The molecule has 1 fully saturated rings. The minimum Gasteiger partial charge on any atom is -0.333 e. The molecule has 1 aromatic heterocycles. The Morgan fingerprint density at radius 2 is 2.16 bits per heavy atom. The maximum absolute atomic E-state index is 4.48. The molecule has 0 saturated carbocycles. The average molecular weight is 262 g/mol. The summed E-state index contributed by atoms with van der Waals surface area (Å²) in [5.74, 6) is 1.24. The van der Waals surface area contributed by atoms with Crippen LogP contribution in [0.15, 0.2) is 12.4 Å². The number of aromatic nitrogens is 2. The van der Waals surface area contributed by atoms with E-state index in [4.69, 9.17) is 0 Å². The molecule has 1 N–H and O–H groups in total. The Kier molecular flexibility index (Phi) is 3.89. The second kappa shape index (κ2) is 5.63. The Balaban J connectivity index is 1.66. The van der Waals surface area contributed by atoms with Crippen molar-refractivity contribution in [1.29, 1.82) is 0 Å². The average Bonchev–Trinajstić information content (AvgIpc) is 2.87. The monoisotopic (exact) mass is 262 g/mol. The molecule has 0 amide bonds. The van der Waals surface area contributed by atoms with Crippen LogP contribution in [-0.2, 0) is 13.1 Å². The largest absolute Gasteiger partial charge is 0.333 e. The molecule has 1 aromatic rings. The zero-order chi connectivity index (χ0) is 13.1. The molecule has 2 aliphatic heterocycles. The van der Waals surface area contributed by atoms with Gasteiger partial charge < -0.3 is 9.88 Å². The van der Waals surface area contributed by atoms with Gasteiger partial charge in [-0.1, -0.05) is 13.3 Å². The Labute approximate surface area is 116 Å². The van der Waals surface area contributed by atoms with Gasteiger partial charge in [-0.05, 0) is 37.8 Å². The number of hydrogen-bond acceptors (Lipinski definition) is 3. The van der Waals surface area contributed by atoms with Crippen LogP contribution in [0.2, 0.25) is 0 Å². The van der Waals surface area contributed by atoms with E-state index in [1.807, 2.05) is 6.20 Å². The molecule has 0 spiro atoms. The van der Waals surface area contributed by atoms with E-state index in [2.05, 4.69) is 32.9 Å². The van der Waals surface area contributed by atoms with Gasteiger partial charge in [0.05, 0.1) is 6.54 Å². The van der Waals surface area contributed by atoms with E-state index >= 15 is 0 Å². The van der Waals surface area contributed by atoms with Crippen molar-refractivity contribution in [3.05, 3.63) is 18.2 Å². The summed E-state index contributed by atoms with van der Waals surface area (Å²) in [5, 5.41) is 3.51. The highest BCUT2D eigenvalue weighted by Gasteiger charge is 2.33. The van der Waals surface area contributed by atoms with Crippen LogP contribution in [-0.4, -0.2) is 40.6 Å². The van der Waals surface area contributed by atoms with Crippen LogP contribution < -0.4 is 5.32 Å². The highest BCUT2D eigenvalue weighted by Crippen LogP contribution is 2.35. The molecule has 1 saturated heterocycles. The van der Waals surface area contributed by atoms with Gasteiger partial charge in [0, 0.05) is 32.0 Å². The molecule has 3 rings (SSSR count). The summed E-state index contributed by atoms with van der Waals surface area (Å²) in [7, 11) is 0. The zero-order valence-electron chi connectivity index (χ0n) is 12.1. The van der Waals surface area contributed by atoms with Gasteiger partial charge >= 0.3 is 0 Å². The lowest BCUT2D eigenvalue weighted by Gasteiger charge is -2.42. The third kappa shape index (κ3) is 2.84. The summed E-state index contributed by atoms with van der Waals surface area (Å²) in [5.41, 5.74) is 0.550. The van der Waals surface area contributed by atoms with Gasteiger partial charge in [0.15, 0.2) is 0 Å². The van der Waals surface area contributed by atoms with Gasteiger partial charge in [0.25, 0.3) is 0 Å². The van der Waals surface area contributed by atoms with Crippen molar-refractivity contribution < 1.29 is 0 Å². The summed E-state index contributed by atoms with van der Waals surface area (Å²) in [6.07, 6.45) is 9.41. The lowest BCUT2D eigenvalue weighted by atomic mass is 9.75. The van der Waals surface area contributed by atoms with Crippen molar-refractivity contribution in [3.8, 4) is 0 Å². The lowest BCUT2D eigenvalue weighted by Crippen LogP contribution is -2.46. The quantitative estimate of drug-likeness (QED) is 0.899. The predicted octanol–water partition coefficient (Wildman–Crippen LogP) is 1.87. The van der Waals surface area contributed by atoms with E-state index in [1.165, 1.54) is 57.7 Å². The highest BCUT2D eigenvalue weighted by atomic mass is 15.2. The summed E-state index contributed by atoms with van der Waals surface area (Å²) in [6.45, 7) is 9.30. The van der Waals surface area contributed by atoms with Gasteiger partial charge in [0.1, 0.15) is 5.82 Å². The summed E-state index contributed by atoms with van der Waals surface area (Å²) >= 11 is 0. The first-order valence-corrected chi connectivity index (χ1v) is 7.74. The molecule has 2 aliphatic rings. The van der Waals surface area contributed by atoms with Crippen molar-refractivity contribution >= 4 is 0 Å². The summed E-state index contributed by atoms with van der Waals surface area (Å²) in [6, 6.07) is 0. The third-order valence-electron chi connectivity index (χ3n) is 4.83. The third-order valence-corrected chi connectivity index (χ3v) is 4.83. The van der Waals surface area contributed by atoms with Crippen LogP contribution >= 0.6 is 0 Å². The van der Waals surface area contributed by atoms with E-state index in [0.29, 0.717) is 5.41 Å². The molecule has 0 bridgehead atoms. The van der Waals surface area contributed by atoms with Crippen molar-refractivity contribution in [1.82, 2.24) is 19.8 Å². The fourth-order valence-corrected chi connectivity index (χ4v) is 3.81. The maximum Gasteiger partial charge on any atom is 0.122 e.